The first kappa shape index (κ1) is 24.3. The molecule has 0 saturated heterocycles. The molecule has 33 heavy (non-hydrogen) atoms. The van der Waals surface area contributed by atoms with Gasteiger partial charge in [0, 0.05) is 26.6 Å². The Labute approximate surface area is 204 Å². The molecule has 4 aromatic rings. The van der Waals surface area contributed by atoms with Gasteiger partial charge in [-0.1, -0.05) is 47.5 Å². The maximum Gasteiger partial charge on any atom is 0.348 e. The zero-order valence-corrected chi connectivity index (χ0v) is 19.4. The van der Waals surface area contributed by atoms with Crippen LogP contribution in [0.2, 0.25) is 10.0 Å². The summed E-state index contributed by atoms with van der Waals surface area (Å²) in [7, 11) is 0. The second-order valence-corrected chi connectivity index (χ2v) is 8.52. The summed E-state index contributed by atoms with van der Waals surface area (Å²) < 4.78 is 7.95. The van der Waals surface area contributed by atoms with Crippen LogP contribution in [0.5, 0.6) is 0 Å². The number of rotatable bonds is 5. The maximum absolute atomic E-state index is 11.1. The van der Waals surface area contributed by atoms with E-state index >= 15 is 0 Å². The number of aromatic carboxylic acids is 3. The van der Waals surface area contributed by atoms with Gasteiger partial charge in [-0.05, 0) is 47.3 Å². The first-order valence-corrected chi connectivity index (χ1v) is 11.2. The Kier molecular flexibility index (Phi) is 7.77. The number of nitrogens with zero attached hydrogens (tertiary/aromatic N) is 2. The van der Waals surface area contributed by atoms with Crippen molar-refractivity contribution < 1.29 is 29.7 Å². The van der Waals surface area contributed by atoms with E-state index in [1.807, 2.05) is 0 Å². The van der Waals surface area contributed by atoms with Crippen LogP contribution in [0.4, 0.5) is 0 Å². The molecule has 2 heterocycles. The minimum Gasteiger partial charge on any atom is -0.478 e. The van der Waals surface area contributed by atoms with E-state index in [1.165, 1.54) is 5.38 Å². The van der Waals surface area contributed by atoms with Crippen LogP contribution in [0.3, 0.4) is 0 Å². The monoisotopic (exact) mass is 522 g/mol. The van der Waals surface area contributed by atoms with Crippen molar-refractivity contribution in [2.24, 2.45) is 0 Å². The molecule has 0 spiro atoms. The van der Waals surface area contributed by atoms with E-state index in [1.54, 1.807) is 48.5 Å². The number of carboxylic acid groups (broad SMARTS) is 3. The molecule has 2 aromatic carbocycles. The van der Waals surface area contributed by atoms with Gasteiger partial charge in [-0.25, -0.2) is 14.4 Å². The highest BCUT2D eigenvalue weighted by Crippen LogP contribution is 2.29. The lowest BCUT2D eigenvalue weighted by Crippen LogP contribution is -2.05. The Bertz CT molecular complexity index is 1320. The van der Waals surface area contributed by atoms with Gasteiger partial charge in [-0.2, -0.15) is 8.75 Å². The van der Waals surface area contributed by atoms with Crippen LogP contribution in [-0.4, -0.2) is 42.0 Å². The SMILES string of the molecule is O=C(O)c1csnc1-c1ccc(Cl)cc1.O=C(O)c1snc(-c2ccc(Cl)cc2)c1C(=O)O. The highest BCUT2D eigenvalue weighted by molar-refractivity contribution is 7.08. The second-order valence-electron chi connectivity index (χ2n) is 6.24. The summed E-state index contributed by atoms with van der Waals surface area (Å²) >= 11 is 13.2. The van der Waals surface area contributed by atoms with Crippen molar-refractivity contribution in [2.75, 3.05) is 0 Å². The van der Waals surface area contributed by atoms with Gasteiger partial charge in [0.25, 0.3) is 0 Å². The van der Waals surface area contributed by atoms with Gasteiger partial charge in [-0.3, -0.25) is 0 Å². The minimum absolute atomic E-state index is 0.140. The third-order valence-electron chi connectivity index (χ3n) is 4.14. The molecular weight excluding hydrogens is 511 g/mol. The molecule has 0 aliphatic heterocycles. The first-order chi connectivity index (χ1) is 15.7. The lowest BCUT2D eigenvalue weighted by atomic mass is 10.1. The quantitative estimate of drug-likeness (QED) is 0.289. The predicted octanol–water partition coefficient (Wildman–Crippen LogP) is 6.02. The van der Waals surface area contributed by atoms with E-state index in [9.17, 15) is 14.4 Å². The Morgan fingerprint density at radius 3 is 1.67 bits per heavy atom. The third-order valence-corrected chi connectivity index (χ3v) is 6.10. The van der Waals surface area contributed by atoms with Crippen molar-refractivity contribution in [3.8, 4) is 22.5 Å². The average molecular weight is 523 g/mol. The molecule has 0 amide bonds. The summed E-state index contributed by atoms with van der Waals surface area (Å²) in [4.78, 5) is 32.6. The molecule has 0 aliphatic rings. The van der Waals surface area contributed by atoms with E-state index < -0.39 is 17.9 Å². The Hall–Kier alpha value is -3.31. The van der Waals surface area contributed by atoms with Crippen molar-refractivity contribution >= 4 is 64.2 Å². The zero-order chi connectivity index (χ0) is 24.1. The van der Waals surface area contributed by atoms with Gasteiger partial charge in [0.1, 0.15) is 10.4 Å². The topological polar surface area (TPSA) is 138 Å². The fourth-order valence-corrected chi connectivity index (χ4v) is 4.31. The average Bonchev–Trinajstić information content (AvgIpc) is 3.43. The molecule has 0 aliphatic carbocycles. The molecule has 12 heteroatoms. The summed E-state index contributed by atoms with van der Waals surface area (Å²) in [6, 6.07) is 13.3. The molecule has 0 fully saturated rings. The standard InChI is InChI=1S/C11H6ClNO4S.C10H6ClNO2S/c12-6-3-1-5(2-4-6)8-7(10(14)15)9(11(16)17)18-13-8;11-7-3-1-6(2-4-7)9-8(10(13)14)5-15-12-9/h1-4H,(H,14,15)(H,16,17);1-5H,(H,13,14). The first-order valence-electron chi connectivity index (χ1n) is 8.84. The molecule has 0 unspecified atom stereocenters. The van der Waals surface area contributed by atoms with Crippen molar-refractivity contribution in [3.05, 3.63) is 80.0 Å². The van der Waals surface area contributed by atoms with Crippen LogP contribution >= 0.6 is 46.3 Å². The molecule has 0 saturated carbocycles. The third kappa shape index (κ3) is 5.74. The van der Waals surface area contributed by atoms with Gasteiger partial charge in [0.05, 0.1) is 17.0 Å². The van der Waals surface area contributed by atoms with Crippen LogP contribution in [0, 0.1) is 0 Å². The molecule has 168 valence electrons. The summed E-state index contributed by atoms with van der Waals surface area (Å²) in [6.07, 6.45) is 0. The molecule has 0 radical (unpaired) electrons. The predicted molar refractivity (Wildman–Crippen MR) is 126 cm³/mol. The summed E-state index contributed by atoms with van der Waals surface area (Å²) in [5.41, 5.74) is 1.83. The van der Waals surface area contributed by atoms with Crippen LogP contribution in [0.1, 0.15) is 30.4 Å². The maximum atomic E-state index is 11.1. The number of aromatic nitrogens is 2. The molecule has 2 aromatic heterocycles. The van der Waals surface area contributed by atoms with E-state index in [4.69, 9.17) is 38.5 Å². The van der Waals surface area contributed by atoms with Gasteiger partial charge in [-0.15, -0.1) is 0 Å². The van der Waals surface area contributed by atoms with Crippen LogP contribution < -0.4 is 0 Å². The van der Waals surface area contributed by atoms with E-state index in [2.05, 4.69) is 8.75 Å². The highest BCUT2D eigenvalue weighted by Gasteiger charge is 2.25. The summed E-state index contributed by atoms with van der Waals surface area (Å²) in [6.45, 7) is 0. The lowest BCUT2D eigenvalue weighted by molar-refractivity contribution is 0.0656. The molecule has 4 rings (SSSR count). The fourth-order valence-electron chi connectivity index (χ4n) is 2.64. The number of hydrogen-bond donors (Lipinski definition) is 3. The fraction of sp³-hybridized carbons (Fsp3) is 0. The Morgan fingerprint density at radius 2 is 1.21 bits per heavy atom. The minimum atomic E-state index is -1.31. The van der Waals surface area contributed by atoms with E-state index in [0.717, 1.165) is 17.1 Å². The van der Waals surface area contributed by atoms with Gasteiger partial charge in [0.2, 0.25) is 0 Å². The van der Waals surface area contributed by atoms with Gasteiger partial charge in [0.15, 0.2) is 0 Å². The number of carbonyl (C=O) groups is 3. The smallest absolute Gasteiger partial charge is 0.348 e. The number of hydrogen-bond acceptors (Lipinski definition) is 7. The number of benzene rings is 2. The molecule has 0 atom stereocenters. The molecule has 3 N–H and O–H groups in total. The van der Waals surface area contributed by atoms with Crippen LogP contribution in [0.25, 0.3) is 22.5 Å². The van der Waals surface area contributed by atoms with Gasteiger partial charge >= 0.3 is 17.9 Å². The summed E-state index contributed by atoms with van der Waals surface area (Å²) in [5, 5.41) is 29.5. The molecular formula is C21H12Cl2N2O6S2. The van der Waals surface area contributed by atoms with Gasteiger partial charge < -0.3 is 15.3 Å². The van der Waals surface area contributed by atoms with E-state index in [0.29, 0.717) is 32.8 Å². The Morgan fingerprint density at radius 1 is 0.697 bits per heavy atom. The van der Waals surface area contributed by atoms with Crippen molar-refractivity contribution in [3.63, 3.8) is 0 Å². The zero-order valence-electron chi connectivity index (χ0n) is 16.2. The van der Waals surface area contributed by atoms with Crippen molar-refractivity contribution in [1.82, 2.24) is 8.75 Å². The molecule has 8 nitrogen and oxygen atoms in total. The van der Waals surface area contributed by atoms with Crippen LogP contribution in [-0.2, 0) is 0 Å². The largest absolute Gasteiger partial charge is 0.478 e. The Balaban J connectivity index is 0.000000189. The second kappa shape index (κ2) is 10.5. The highest BCUT2D eigenvalue weighted by atomic mass is 35.5. The van der Waals surface area contributed by atoms with E-state index in [-0.39, 0.29) is 21.7 Å². The lowest BCUT2D eigenvalue weighted by Gasteiger charge is -2.00. The summed E-state index contributed by atoms with van der Waals surface area (Å²) in [5.74, 6) is -3.58. The normalized spacial score (nSPS) is 10.2. The van der Waals surface area contributed by atoms with Crippen molar-refractivity contribution in [2.45, 2.75) is 0 Å². The number of carboxylic acids is 3. The van der Waals surface area contributed by atoms with Crippen LogP contribution in [0.15, 0.2) is 53.9 Å². The van der Waals surface area contributed by atoms with Crippen molar-refractivity contribution in [1.29, 1.82) is 0 Å². The number of halogens is 2. The molecule has 0 bridgehead atoms.